The summed E-state index contributed by atoms with van der Waals surface area (Å²) in [7, 11) is 0. The minimum Gasteiger partial charge on any atom is -0.333 e. The maximum Gasteiger partial charge on any atom is 0.0630 e. The predicted molar refractivity (Wildman–Crippen MR) is 184 cm³/mol. The van der Waals surface area contributed by atoms with Crippen LogP contribution in [-0.4, -0.2) is 6.04 Å². The number of rotatable bonds is 4. The molecule has 0 saturated heterocycles. The highest BCUT2D eigenvalue weighted by Gasteiger charge is 2.38. The standard InChI is InChI=1S/C43H31N/c1-3-9-29(10-4-1)30-15-17-31(18-16-30)32-19-21-35-25-36-22-20-33(27-40(36)39(35)26-32)34-23-24-43-41(28-34)38-13-7-8-14-42(38)44(43)37-11-5-2-6-12-37/h1-24,26-28,41,43H,25H2. The summed E-state index contributed by atoms with van der Waals surface area (Å²) in [6.45, 7) is 0. The monoisotopic (exact) mass is 561 g/mol. The van der Waals surface area contributed by atoms with E-state index < -0.39 is 0 Å². The zero-order valence-corrected chi connectivity index (χ0v) is 24.4. The molecule has 6 aromatic carbocycles. The zero-order chi connectivity index (χ0) is 29.0. The molecule has 0 bridgehead atoms. The lowest BCUT2D eigenvalue weighted by molar-refractivity contribution is 0.747. The number of nitrogens with zero attached hydrogens (tertiary/aromatic N) is 1. The van der Waals surface area contributed by atoms with Crippen molar-refractivity contribution in [1.29, 1.82) is 0 Å². The van der Waals surface area contributed by atoms with Crippen molar-refractivity contribution in [1.82, 2.24) is 0 Å². The molecular weight excluding hydrogens is 530 g/mol. The van der Waals surface area contributed by atoms with Gasteiger partial charge in [-0.3, -0.25) is 0 Å². The van der Waals surface area contributed by atoms with E-state index in [1.807, 2.05) is 0 Å². The molecule has 2 unspecified atom stereocenters. The van der Waals surface area contributed by atoms with Crippen molar-refractivity contribution in [3.63, 3.8) is 0 Å². The second-order valence-electron chi connectivity index (χ2n) is 12.1. The van der Waals surface area contributed by atoms with Crippen molar-refractivity contribution < 1.29 is 0 Å². The third-order valence-electron chi connectivity index (χ3n) is 9.64. The fraction of sp³-hybridized carbons (Fsp3) is 0.0698. The highest BCUT2D eigenvalue weighted by molar-refractivity contribution is 5.87. The van der Waals surface area contributed by atoms with Crippen molar-refractivity contribution in [3.05, 3.63) is 186 Å². The molecular formula is C43H31N. The maximum atomic E-state index is 2.50. The van der Waals surface area contributed by atoms with Crippen LogP contribution in [0.2, 0.25) is 0 Å². The fourth-order valence-electron chi connectivity index (χ4n) is 7.44. The number of benzene rings is 6. The highest BCUT2D eigenvalue weighted by Crippen LogP contribution is 2.49. The summed E-state index contributed by atoms with van der Waals surface area (Å²) >= 11 is 0. The van der Waals surface area contributed by atoms with Crippen LogP contribution in [0.4, 0.5) is 11.4 Å². The van der Waals surface area contributed by atoms with Crippen molar-refractivity contribution >= 4 is 16.9 Å². The first-order valence-corrected chi connectivity index (χ1v) is 15.6. The van der Waals surface area contributed by atoms with Crippen LogP contribution in [0.1, 0.15) is 28.2 Å². The molecule has 0 spiro atoms. The van der Waals surface area contributed by atoms with E-state index in [2.05, 4.69) is 169 Å². The second kappa shape index (κ2) is 10.1. The Hall–Kier alpha value is -5.40. The summed E-state index contributed by atoms with van der Waals surface area (Å²) in [4.78, 5) is 2.50. The van der Waals surface area contributed by atoms with Gasteiger partial charge in [-0.1, -0.05) is 133 Å². The number of anilines is 2. The van der Waals surface area contributed by atoms with E-state index in [0.717, 1.165) is 6.42 Å². The molecule has 0 saturated carbocycles. The number of hydrogen-bond acceptors (Lipinski definition) is 1. The molecule has 1 heterocycles. The lowest BCUT2D eigenvalue weighted by Crippen LogP contribution is -2.28. The topological polar surface area (TPSA) is 3.24 Å². The Morgan fingerprint density at radius 2 is 1.07 bits per heavy atom. The van der Waals surface area contributed by atoms with Gasteiger partial charge in [0.1, 0.15) is 0 Å². The number of hydrogen-bond donors (Lipinski definition) is 0. The average Bonchev–Trinajstić information content (AvgIpc) is 3.63. The van der Waals surface area contributed by atoms with E-state index in [1.165, 1.54) is 72.6 Å². The summed E-state index contributed by atoms with van der Waals surface area (Å²) in [6.07, 6.45) is 8.24. The number of fused-ring (bicyclic) bond motifs is 6. The van der Waals surface area contributed by atoms with Crippen molar-refractivity contribution in [3.8, 4) is 33.4 Å². The predicted octanol–water partition coefficient (Wildman–Crippen LogP) is 10.8. The summed E-state index contributed by atoms with van der Waals surface area (Å²) < 4.78 is 0. The lowest BCUT2D eigenvalue weighted by atomic mass is 9.85. The van der Waals surface area contributed by atoms with Crippen molar-refractivity contribution in [2.45, 2.75) is 18.4 Å². The molecule has 0 amide bonds. The van der Waals surface area contributed by atoms with Crippen LogP contribution in [0.15, 0.2) is 164 Å². The Kier molecular flexibility index (Phi) is 5.77. The van der Waals surface area contributed by atoms with Crippen LogP contribution in [0.3, 0.4) is 0 Å². The molecule has 0 fully saturated rings. The zero-order valence-electron chi connectivity index (χ0n) is 24.4. The van der Waals surface area contributed by atoms with Gasteiger partial charge in [0.05, 0.1) is 6.04 Å². The summed E-state index contributed by atoms with van der Waals surface area (Å²) in [5.74, 6) is 0.317. The Morgan fingerprint density at radius 3 is 1.82 bits per heavy atom. The first kappa shape index (κ1) is 25.1. The van der Waals surface area contributed by atoms with Crippen LogP contribution >= 0.6 is 0 Å². The Bertz CT molecular complexity index is 2080. The molecule has 0 N–H and O–H groups in total. The van der Waals surface area contributed by atoms with Crippen LogP contribution in [-0.2, 0) is 6.42 Å². The normalized spacial score (nSPS) is 17.5. The van der Waals surface area contributed by atoms with E-state index in [0.29, 0.717) is 5.92 Å². The van der Waals surface area contributed by atoms with E-state index in [-0.39, 0.29) is 6.04 Å². The van der Waals surface area contributed by atoms with Crippen LogP contribution < -0.4 is 4.90 Å². The minimum absolute atomic E-state index is 0.282. The molecule has 44 heavy (non-hydrogen) atoms. The van der Waals surface area contributed by atoms with Crippen molar-refractivity contribution in [2.24, 2.45) is 0 Å². The SMILES string of the molecule is C1=CC2C(C=C1c1ccc3c(c1)-c1cc(-c4ccc(-c5ccccc5)cc4)ccc1C3)c1ccccc1N2c1ccccc1. The third kappa shape index (κ3) is 4.08. The van der Waals surface area contributed by atoms with Gasteiger partial charge >= 0.3 is 0 Å². The van der Waals surface area contributed by atoms with E-state index in [4.69, 9.17) is 0 Å². The molecule has 6 aromatic rings. The van der Waals surface area contributed by atoms with Gasteiger partial charge in [0.2, 0.25) is 0 Å². The molecule has 1 aliphatic heterocycles. The maximum absolute atomic E-state index is 2.50. The summed E-state index contributed by atoms with van der Waals surface area (Å²) in [6, 6.07) is 53.6. The Balaban J connectivity index is 1.05. The van der Waals surface area contributed by atoms with E-state index in [1.54, 1.807) is 0 Å². The molecule has 208 valence electrons. The van der Waals surface area contributed by atoms with Crippen molar-refractivity contribution in [2.75, 3.05) is 4.90 Å². The second-order valence-corrected chi connectivity index (χ2v) is 12.1. The molecule has 2 atom stereocenters. The highest BCUT2D eigenvalue weighted by atomic mass is 15.2. The van der Waals surface area contributed by atoms with Gasteiger partial charge in [0.15, 0.2) is 0 Å². The Labute approximate surface area is 259 Å². The Morgan fingerprint density at radius 1 is 0.500 bits per heavy atom. The van der Waals surface area contributed by atoms with Crippen LogP contribution in [0, 0.1) is 0 Å². The van der Waals surface area contributed by atoms with Gasteiger partial charge in [0.25, 0.3) is 0 Å². The van der Waals surface area contributed by atoms with Gasteiger partial charge < -0.3 is 4.90 Å². The summed E-state index contributed by atoms with van der Waals surface area (Å²) in [5, 5.41) is 0. The number of allylic oxidation sites excluding steroid dienone is 2. The molecule has 3 aliphatic rings. The smallest absolute Gasteiger partial charge is 0.0630 e. The molecule has 0 radical (unpaired) electrons. The molecule has 2 aliphatic carbocycles. The third-order valence-corrected chi connectivity index (χ3v) is 9.64. The lowest BCUT2D eigenvalue weighted by Gasteiger charge is -2.29. The van der Waals surface area contributed by atoms with Gasteiger partial charge in [0, 0.05) is 17.3 Å². The minimum atomic E-state index is 0.282. The first-order chi connectivity index (χ1) is 21.8. The average molecular weight is 562 g/mol. The molecule has 1 heteroatoms. The molecule has 1 nitrogen and oxygen atoms in total. The fourth-order valence-corrected chi connectivity index (χ4v) is 7.44. The van der Waals surface area contributed by atoms with Gasteiger partial charge in [-0.2, -0.15) is 0 Å². The van der Waals surface area contributed by atoms with Gasteiger partial charge in [-0.25, -0.2) is 0 Å². The largest absolute Gasteiger partial charge is 0.333 e. The molecule has 9 rings (SSSR count). The number of para-hydroxylation sites is 2. The van der Waals surface area contributed by atoms with Gasteiger partial charge in [-0.15, -0.1) is 0 Å². The summed E-state index contributed by atoms with van der Waals surface area (Å²) in [5.41, 5.74) is 17.1. The quantitative estimate of drug-likeness (QED) is 0.207. The molecule has 0 aromatic heterocycles. The van der Waals surface area contributed by atoms with E-state index >= 15 is 0 Å². The first-order valence-electron chi connectivity index (χ1n) is 15.6. The van der Waals surface area contributed by atoms with Gasteiger partial charge in [-0.05, 0) is 98.0 Å². The van der Waals surface area contributed by atoms with Crippen LogP contribution in [0.25, 0.3) is 39.0 Å². The van der Waals surface area contributed by atoms with Crippen LogP contribution in [0.5, 0.6) is 0 Å². The van der Waals surface area contributed by atoms with E-state index in [9.17, 15) is 0 Å².